The molecule has 2 rings (SSSR count). The molecule has 0 amide bonds. The number of nitrogens with one attached hydrogen (secondary N) is 1. The van der Waals surface area contributed by atoms with Gasteiger partial charge < -0.3 is 14.1 Å². The van der Waals surface area contributed by atoms with E-state index in [9.17, 15) is 22.8 Å². The number of hydrogen-bond donors (Lipinski definition) is 1. The van der Waals surface area contributed by atoms with Crippen molar-refractivity contribution in [3.05, 3.63) is 46.7 Å². The number of furan rings is 1. The van der Waals surface area contributed by atoms with Crippen LogP contribution in [0.5, 0.6) is 0 Å². The van der Waals surface area contributed by atoms with Crippen LogP contribution >= 0.6 is 0 Å². The Balaban J connectivity index is 2.71. The number of halogens is 3. The molecule has 0 atom stereocenters. The zero-order chi connectivity index (χ0) is 15.8. The Morgan fingerprint density at radius 3 is 2.43 bits per heavy atom. The molecule has 0 fully saturated rings. The van der Waals surface area contributed by atoms with E-state index in [-0.39, 0.29) is 11.5 Å². The third kappa shape index (κ3) is 2.56. The highest BCUT2D eigenvalue weighted by Crippen LogP contribution is 2.35. The van der Waals surface area contributed by atoms with Gasteiger partial charge >= 0.3 is 12.1 Å². The molecule has 112 valence electrons. The van der Waals surface area contributed by atoms with Crippen LogP contribution in [0.15, 0.2) is 22.8 Å². The molecule has 0 aliphatic rings. The van der Waals surface area contributed by atoms with Gasteiger partial charge in [0, 0.05) is 5.69 Å². The van der Waals surface area contributed by atoms with E-state index in [1.54, 1.807) is 0 Å². The van der Waals surface area contributed by atoms with E-state index in [1.165, 1.54) is 19.1 Å². The number of esters is 1. The highest BCUT2D eigenvalue weighted by Gasteiger charge is 2.41. The number of rotatable bonds is 3. The van der Waals surface area contributed by atoms with E-state index < -0.39 is 34.7 Å². The molecule has 0 aliphatic heterocycles. The van der Waals surface area contributed by atoms with Gasteiger partial charge in [-0.25, -0.2) is 4.79 Å². The van der Waals surface area contributed by atoms with Gasteiger partial charge in [0.15, 0.2) is 5.76 Å². The minimum Gasteiger partial charge on any atom is -0.465 e. The number of carbonyl (C=O) groups is 2. The van der Waals surface area contributed by atoms with Crippen molar-refractivity contribution in [3.63, 3.8) is 0 Å². The van der Waals surface area contributed by atoms with Crippen LogP contribution in [0.2, 0.25) is 0 Å². The Kier molecular flexibility index (Phi) is 3.63. The van der Waals surface area contributed by atoms with Crippen LogP contribution in [0.4, 0.5) is 13.2 Å². The van der Waals surface area contributed by atoms with Crippen LogP contribution < -0.4 is 0 Å². The summed E-state index contributed by atoms with van der Waals surface area (Å²) in [4.78, 5) is 25.9. The normalized spacial score (nSPS) is 11.5. The van der Waals surface area contributed by atoms with Crippen molar-refractivity contribution in [1.82, 2.24) is 4.98 Å². The van der Waals surface area contributed by atoms with Crippen molar-refractivity contribution in [2.75, 3.05) is 7.11 Å². The number of methoxy groups -OCH3 is 1. The maximum atomic E-state index is 13.0. The van der Waals surface area contributed by atoms with Gasteiger partial charge in [0.25, 0.3) is 0 Å². The quantitative estimate of drug-likeness (QED) is 0.699. The lowest BCUT2D eigenvalue weighted by Crippen LogP contribution is -2.16. The Morgan fingerprint density at radius 2 is 1.95 bits per heavy atom. The fraction of sp³-hybridized carbons (Fsp3) is 0.231. The summed E-state index contributed by atoms with van der Waals surface area (Å²) in [5, 5.41) is 0. The zero-order valence-corrected chi connectivity index (χ0v) is 11.0. The molecule has 8 heteroatoms. The number of aromatic amines is 1. The molecule has 0 bridgehead atoms. The van der Waals surface area contributed by atoms with E-state index >= 15 is 0 Å². The van der Waals surface area contributed by atoms with E-state index in [4.69, 9.17) is 4.42 Å². The van der Waals surface area contributed by atoms with E-state index in [2.05, 4.69) is 4.74 Å². The summed E-state index contributed by atoms with van der Waals surface area (Å²) < 4.78 is 48.4. The Labute approximate surface area is 116 Å². The first-order valence-electron chi connectivity index (χ1n) is 5.73. The lowest BCUT2D eigenvalue weighted by molar-refractivity contribution is -0.141. The van der Waals surface area contributed by atoms with Crippen LogP contribution in [0.3, 0.4) is 0 Å². The fourth-order valence-corrected chi connectivity index (χ4v) is 1.95. The second-order valence-corrected chi connectivity index (χ2v) is 4.17. The summed E-state index contributed by atoms with van der Waals surface area (Å²) in [6, 6.07) is 2.57. The summed E-state index contributed by atoms with van der Waals surface area (Å²) in [6.45, 7) is 1.25. The minimum atomic E-state index is -4.82. The lowest BCUT2D eigenvalue weighted by Gasteiger charge is -2.07. The number of H-pyrrole nitrogens is 1. The van der Waals surface area contributed by atoms with Crippen molar-refractivity contribution in [1.29, 1.82) is 0 Å². The summed E-state index contributed by atoms with van der Waals surface area (Å²) in [7, 11) is 1.02. The highest BCUT2D eigenvalue weighted by molar-refractivity contribution is 6.14. The largest absolute Gasteiger partial charge is 0.465 e. The number of ketones is 1. The van der Waals surface area contributed by atoms with Crippen molar-refractivity contribution in [2.45, 2.75) is 13.1 Å². The van der Waals surface area contributed by atoms with E-state index in [1.807, 2.05) is 4.98 Å². The van der Waals surface area contributed by atoms with Crippen molar-refractivity contribution in [3.8, 4) is 0 Å². The maximum Gasteiger partial charge on any atom is 0.432 e. The molecule has 0 aromatic carbocycles. The predicted molar refractivity (Wildman–Crippen MR) is 64.0 cm³/mol. The molecule has 2 aromatic heterocycles. The van der Waals surface area contributed by atoms with Crippen LogP contribution in [0.1, 0.15) is 37.9 Å². The smallest absolute Gasteiger partial charge is 0.432 e. The average Bonchev–Trinajstić information content (AvgIpc) is 3.03. The first-order chi connectivity index (χ1) is 9.77. The summed E-state index contributed by atoms with van der Waals surface area (Å²) >= 11 is 0. The standard InChI is InChI=1S/C13H10F3NO4/c1-6-8(12(19)20-2)9(11(17-6)13(14,15)16)10(18)7-4-3-5-21-7/h3-5,17H,1-2H3. The number of hydrogen-bond acceptors (Lipinski definition) is 4. The SMILES string of the molecule is COC(=O)c1c(C)[nH]c(C(F)(F)F)c1C(=O)c1ccco1. The van der Waals surface area contributed by atoms with Crippen molar-refractivity contribution < 1.29 is 31.9 Å². The molecular formula is C13H10F3NO4. The van der Waals surface area contributed by atoms with Gasteiger partial charge in [-0.2, -0.15) is 13.2 Å². The molecule has 0 saturated heterocycles. The zero-order valence-electron chi connectivity index (χ0n) is 11.0. The Morgan fingerprint density at radius 1 is 1.29 bits per heavy atom. The molecule has 5 nitrogen and oxygen atoms in total. The average molecular weight is 301 g/mol. The number of aromatic nitrogens is 1. The summed E-state index contributed by atoms with van der Waals surface area (Å²) in [6.07, 6.45) is -3.67. The molecule has 0 spiro atoms. The Hall–Kier alpha value is -2.51. The summed E-state index contributed by atoms with van der Waals surface area (Å²) in [5.74, 6) is -2.38. The molecule has 2 heterocycles. The molecule has 0 radical (unpaired) electrons. The second kappa shape index (κ2) is 5.12. The molecule has 21 heavy (non-hydrogen) atoms. The molecule has 1 N–H and O–H groups in total. The van der Waals surface area contributed by atoms with Crippen molar-refractivity contribution >= 4 is 11.8 Å². The molecule has 0 saturated carbocycles. The third-order valence-corrected chi connectivity index (χ3v) is 2.83. The highest BCUT2D eigenvalue weighted by atomic mass is 19.4. The van der Waals surface area contributed by atoms with Gasteiger partial charge in [0.1, 0.15) is 5.69 Å². The van der Waals surface area contributed by atoms with Crippen molar-refractivity contribution in [2.24, 2.45) is 0 Å². The van der Waals surface area contributed by atoms with Crippen LogP contribution in [0.25, 0.3) is 0 Å². The van der Waals surface area contributed by atoms with Crippen LogP contribution in [-0.2, 0) is 10.9 Å². The predicted octanol–water partition coefficient (Wildman–Crippen LogP) is 2.95. The first-order valence-corrected chi connectivity index (χ1v) is 5.73. The molecule has 2 aromatic rings. The molecule has 0 unspecified atom stereocenters. The van der Waals surface area contributed by atoms with Gasteiger partial charge in [-0.15, -0.1) is 0 Å². The van der Waals surface area contributed by atoms with Gasteiger partial charge in [-0.3, -0.25) is 4.79 Å². The Bertz CT molecular complexity index is 683. The number of carbonyl (C=O) groups excluding carboxylic acids is 2. The fourth-order valence-electron chi connectivity index (χ4n) is 1.95. The summed E-state index contributed by atoms with van der Waals surface area (Å²) in [5.41, 5.74) is -2.67. The van der Waals surface area contributed by atoms with Crippen LogP contribution in [-0.4, -0.2) is 23.8 Å². The monoisotopic (exact) mass is 301 g/mol. The van der Waals surface area contributed by atoms with Crippen LogP contribution in [0, 0.1) is 6.92 Å². The van der Waals surface area contributed by atoms with Gasteiger partial charge in [0.05, 0.1) is 24.5 Å². The molecule has 0 aliphatic carbocycles. The lowest BCUT2D eigenvalue weighted by atomic mass is 10.0. The van der Waals surface area contributed by atoms with Gasteiger partial charge in [0.2, 0.25) is 5.78 Å². The van der Waals surface area contributed by atoms with E-state index in [0.29, 0.717) is 0 Å². The number of aryl methyl sites for hydroxylation is 1. The number of ether oxygens (including phenoxy) is 1. The first kappa shape index (κ1) is 14.9. The maximum absolute atomic E-state index is 13.0. The van der Waals surface area contributed by atoms with Gasteiger partial charge in [-0.05, 0) is 19.1 Å². The van der Waals surface area contributed by atoms with Gasteiger partial charge in [-0.1, -0.05) is 0 Å². The third-order valence-electron chi connectivity index (χ3n) is 2.83. The second-order valence-electron chi connectivity index (χ2n) is 4.17. The van der Waals surface area contributed by atoms with E-state index in [0.717, 1.165) is 13.4 Å². The molecular weight excluding hydrogens is 291 g/mol. The number of alkyl halides is 3. The topological polar surface area (TPSA) is 72.3 Å². The minimum absolute atomic E-state index is 0.107.